The second kappa shape index (κ2) is 6.98. The van der Waals surface area contributed by atoms with Gasteiger partial charge in [0, 0.05) is 25.0 Å². The molecule has 0 bridgehead atoms. The van der Waals surface area contributed by atoms with E-state index >= 15 is 0 Å². The lowest BCUT2D eigenvalue weighted by molar-refractivity contribution is -0.117. The number of nitrogens with one attached hydrogen (secondary N) is 1. The average Bonchev–Trinajstić information content (AvgIpc) is 2.31. The first-order valence-electron chi connectivity index (χ1n) is 5.86. The predicted octanol–water partition coefficient (Wildman–Crippen LogP) is 1.09. The van der Waals surface area contributed by atoms with Crippen LogP contribution in [0.2, 0.25) is 0 Å². The van der Waals surface area contributed by atoms with Gasteiger partial charge in [-0.05, 0) is 31.7 Å². The third-order valence-electron chi connectivity index (χ3n) is 2.65. The molecule has 5 heteroatoms. The van der Waals surface area contributed by atoms with E-state index in [2.05, 4.69) is 5.32 Å². The van der Waals surface area contributed by atoms with Gasteiger partial charge in [-0.25, -0.2) is 0 Å². The van der Waals surface area contributed by atoms with E-state index in [9.17, 15) is 4.79 Å². The molecule has 0 saturated heterocycles. The van der Waals surface area contributed by atoms with Crippen molar-refractivity contribution < 1.29 is 9.53 Å². The molecule has 0 aromatic heterocycles. The molecule has 1 aromatic rings. The Morgan fingerprint density at radius 3 is 2.83 bits per heavy atom. The van der Waals surface area contributed by atoms with Gasteiger partial charge in [0.25, 0.3) is 0 Å². The number of nitrogen functional groups attached to an aromatic ring is 1. The predicted molar refractivity (Wildman–Crippen MR) is 73.6 cm³/mol. The van der Waals surface area contributed by atoms with E-state index in [0.717, 1.165) is 17.8 Å². The Hall–Kier alpha value is -1.59. The van der Waals surface area contributed by atoms with E-state index in [1.807, 2.05) is 31.0 Å². The van der Waals surface area contributed by atoms with Crippen LogP contribution in [0.1, 0.15) is 5.56 Å². The maximum atomic E-state index is 11.7. The van der Waals surface area contributed by atoms with Gasteiger partial charge >= 0.3 is 0 Å². The van der Waals surface area contributed by atoms with Crippen molar-refractivity contribution in [1.82, 2.24) is 4.90 Å². The maximum Gasteiger partial charge on any atom is 0.238 e. The number of nitrogens with zero attached hydrogens (tertiary/aromatic N) is 1. The largest absolute Gasteiger partial charge is 0.398 e. The van der Waals surface area contributed by atoms with Crippen molar-refractivity contribution in [3.05, 3.63) is 23.8 Å². The second-order valence-corrected chi connectivity index (χ2v) is 4.35. The van der Waals surface area contributed by atoms with Crippen molar-refractivity contribution in [1.29, 1.82) is 0 Å². The van der Waals surface area contributed by atoms with Crippen molar-refractivity contribution in [2.24, 2.45) is 0 Å². The smallest absolute Gasteiger partial charge is 0.238 e. The summed E-state index contributed by atoms with van der Waals surface area (Å²) < 4.78 is 4.95. The molecular formula is C13H21N3O2. The van der Waals surface area contributed by atoms with Crippen LogP contribution in [0.3, 0.4) is 0 Å². The number of amides is 1. The first-order valence-corrected chi connectivity index (χ1v) is 5.86. The standard InChI is InChI=1S/C13H21N3O2/c1-10-4-5-11(8-12(10)14)15-13(17)9-16(2)6-7-18-3/h4-5,8H,6-7,9,14H2,1-3H3,(H,15,17). The molecule has 18 heavy (non-hydrogen) atoms. The van der Waals surface area contributed by atoms with Crippen LogP contribution < -0.4 is 11.1 Å². The van der Waals surface area contributed by atoms with E-state index in [0.29, 0.717) is 18.8 Å². The summed E-state index contributed by atoms with van der Waals surface area (Å²) in [4.78, 5) is 13.6. The average molecular weight is 251 g/mol. The van der Waals surface area contributed by atoms with Gasteiger partial charge in [0.15, 0.2) is 0 Å². The van der Waals surface area contributed by atoms with Gasteiger partial charge in [0.2, 0.25) is 5.91 Å². The van der Waals surface area contributed by atoms with Crippen LogP contribution in [0.15, 0.2) is 18.2 Å². The summed E-state index contributed by atoms with van der Waals surface area (Å²) >= 11 is 0. The molecule has 0 fully saturated rings. The molecule has 0 unspecified atom stereocenters. The Kier molecular flexibility index (Phi) is 5.61. The molecule has 0 spiro atoms. The van der Waals surface area contributed by atoms with Crippen LogP contribution in [0.5, 0.6) is 0 Å². The first-order chi connectivity index (χ1) is 8.52. The number of ether oxygens (including phenoxy) is 1. The molecule has 1 aromatic carbocycles. The summed E-state index contributed by atoms with van der Waals surface area (Å²) in [6.45, 7) is 3.60. The molecule has 0 aliphatic rings. The number of hydrogen-bond acceptors (Lipinski definition) is 4. The fraction of sp³-hybridized carbons (Fsp3) is 0.462. The Morgan fingerprint density at radius 1 is 1.50 bits per heavy atom. The van der Waals surface area contributed by atoms with Crippen molar-refractivity contribution in [3.63, 3.8) is 0 Å². The number of nitrogens with two attached hydrogens (primary N) is 1. The van der Waals surface area contributed by atoms with Crippen molar-refractivity contribution in [2.45, 2.75) is 6.92 Å². The molecule has 5 nitrogen and oxygen atoms in total. The molecule has 0 radical (unpaired) electrons. The number of likely N-dealkylation sites (N-methyl/N-ethyl adjacent to an activating group) is 1. The summed E-state index contributed by atoms with van der Waals surface area (Å²) in [6, 6.07) is 5.50. The SMILES string of the molecule is COCCN(C)CC(=O)Nc1ccc(C)c(N)c1. The van der Waals surface area contributed by atoms with Crippen LogP contribution in [-0.4, -0.2) is 44.7 Å². The lowest BCUT2D eigenvalue weighted by Gasteiger charge is -2.15. The van der Waals surface area contributed by atoms with Gasteiger partial charge in [-0.3, -0.25) is 9.69 Å². The molecular weight excluding hydrogens is 230 g/mol. The van der Waals surface area contributed by atoms with E-state index in [4.69, 9.17) is 10.5 Å². The Bertz CT molecular complexity index is 407. The van der Waals surface area contributed by atoms with Crippen LogP contribution in [-0.2, 0) is 9.53 Å². The van der Waals surface area contributed by atoms with Crippen molar-refractivity contribution >= 4 is 17.3 Å². The first kappa shape index (κ1) is 14.5. The Balaban J connectivity index is 2.46. The summed E-state index contributed by atoms with van der Waals surface area (Å²) in [7, 11) is 3.52. The number of hydrogen-bond donors (Lipinski definition) is 2. The molecule has 0 aliphatic heterocycles. The normalized spacial score (nSPS) is 10.7. The van der Waals surface area contributed by atoms with Crippen molar-refractivity contribution in [2.75, 3.05) is 44.9 Å². The van der Waals surface area contributed by atoms with E-state index < -0.39 is 0 Å². The topological polar surface area (TPSA) is 67.6 Å². The Morgan fingerprint density at radius 2 is 2.22 bits per heavy atom. The zero-order valence-corrected chi connectivity index (χ0v) is 11.2. The molecule has 1 rings (SSSR count). The minimum absolute atomic E-state index is 0.0585. The minimum Gasteiger partial charge on any atom is -0.398 e. The third-order valence-corrected chi connectivity index (χ3v) is 2.65. The number of anilines is 2. The lowest BCUT2D eigenvalue weighted by atomic mass is 10.2. The highest BCUT2D eigenvalue weighted by molar-refractivity contribution is 5.92. The van der Waals surface area contributed by atoms with E-state index in [1.165, 1.54) is 0 Å². The van der Waals surface area contributed by atoms with Crippen molar-refractivity contribution in [3.8, 4) is 0 Å². The van der Waals surface area contributed by atoms with Crippen LogP contribution in [0.4, 0.5) is 11.4 Å². The molecule has 1 amide bonds. The van der Waals surface area contributed by atoms with Crippen LogP contribution in [0, 0.1) is 6.92 Å². The number of carbonyl (C=O) groups is 1. The van der Waals surface area contributed by atoms with Gasteiger partial charge in [0.05, 0.1) is 13.2 Å². The number of rotatable bonds is 6. The number of methoxy groups -OCH3 is 1. The molecule has 0 saturated carbocycles. The number of benzene rings is 1. The molecule has 100 valence electrons. The summed E-state index contributed by atoms with van der Waals surface area (Å²) in [5.41, 5.74) is 8.20. The van der Waals surface area contributed by atoms with Gasteiger partial charge in [-0.1, -0.05) is 6.07 Å². The molecule has 0 atom stereocenters. The molecule has 0 aliphatic carbocycles. The van der Waals surface area contributed by atoms with Crippen LogP contribution in [0.25, 0.3) is 0 Å². The fourth-order valence-electron chi connectivity index (χ4n) is 1.49. The molecule has 0 heterocycles. The quantitative estimate of drug-likeness (QED) is 0.743. The van der Waals surface area contributed by atoms with Crippen LogP contribution >= 0.6 is 0 Å². The van der Waals surface area contributed by atoms with Gasteiger partial charge in [-0.2, -0.15) is 0 Å². The van der Waals surface area contributed by atoms with Gasteiger partial charge in [0.1, 0.15) is 0 Å². The highest BCUT2D eigenvalue weighted by Gasteiger charge is 2.07. The maximum absolute atomic E-state index is 11.7. The van der Waals surface area contributed by atoms with Gasteiger partial charge in [-0.15, -0.1) is 0 Å². The lowest BCUT2D eigenvalue weighted by Crippen LogP contribution is -2.32. The highest BCUT2D eigenvalue weighted by atomic mass is 16.5. The zero-order chi connectivity index (χ0) is 13.5. The highest BCUT2D eigenvalue weighted by Crippen LogP contribution is 2.16. The zero-order valence-electron chi connectivity index (χ0n) is 11.2. The fourth-order valence-corrected chi connectivity index (χ4v) is 1.49. The minimum atomic E-state index is -0.0585. The monoisotopic (exact) mass is 251 g/mol. The third kappa shape index (κ3) is 4.73. The summed E-state index contributed by atoms with van der Waals surface area (Å²) in [6.07, 6.45) is 0. The second-order valence-electron chi connectivity index (χ2n) is 4.35. The molecule has 3 N–H and O–H groups in total. The van der Waals surface area contributed by atoms with E-state index in [1.54, 1.807) is 13.2 Å². The van der Waals surface area contributed by atoms with Gasteiger partial charge < -0.3 is 15.8 Å². The summed E-state index contributed by atoms with van der Waals surface area (Å²) in [5.74, 6) is -0.0585. The summed E-state index contributed by atoms with van der Waals surface area (Å²) in [5, 5.41) is 2.82. The number of carbonyl (C=O) groups excluding carboxylic acids is 1. The van der Waals surface area contributed by atoms with E-state index in [-0.39, 0.29) is 5.91 Å². The number of aryl methyl sites for hydroxylation is 1. The Labute approximate surface area is 108 Å².